The molecule has 0 bridgehead atoms. The molecule has 0 aliphatic rings. The van der Waals surface area contributed by atoms with Gasteiger partial charge >= 0.3 is 5.97 Å². The Labute approximate surface area is 128 Å². The normalized spacial score (nSPS) is 10.6. The van der Waals surface area contributed by atoms with E-state index in [1.165, 1.54) is 7.11 Å². The monoisotopic (exact) mass is 302 g/mol. The summed E-state index contributed by atoms with van der Waals surface area (Å²) >= 11 is 0. The summed E-state index contributed by atoms with van der Waals surface area (Å²) in [4.78, 5) is 13.6. The molecule has 0 aliphatic heterocycles. The molecule has 0 spiro atoms. The van der Waals surface area contributed by atoms with Crippen molar-refractivity contribution in [3.8, 4) is 6.07 Å². The van der Waals surface area contributed by atoms with Gasteiger partial charge < -0.3 is 13.6 Å². The van der Waals surface area contributed by atoms with Gasteiger partial charge in [0.15, 0.2) is 0 Å². The molecule has 2 heterocycles. The number of hydrogen-bond donors (Lipinski definition) is 0. The number of carbonyl (C=O) groups is 1. The van der Waals surface area contributed by atoms with Crippen molar-refractivity contribution in [1.29, 1.82) is 5.26 Å². The fourth-order valence-electron chi connectivity index (χ4n) is 2.20. The van der Waals surface area contributed by atoms with Crippen molar-refractivity contribution in [3.63, 3.8) is 0 Å². The summed E-state index contributed by atoms with van der Waals surface area (Å²) in [6.07, 6.45) is 2.02. The third-order valence-electron chi connectivity index (χ3n) is 3.25. The summed E-state index contributed by atoms with van der Waals surface area (Å²) in [7, 11) is 1.34. The Balaban J connectivity index is 2.09. The maximum atomic E-state index is 11.6. The zero-order valence-electron chi connectivity index (χ0n) is 12.7. The Morgan fingerprint density at radius 1 is 1.41 bits per heavy atom. The van der Waals surface area contributed by atoms with Crippen molar-refractivity contribution < 1.29 is 18.4 Å². The Bertz CT molecular complexity index is 652. The SMILES string of the molecule is COC(=O)c1cc(CN(CCC#N)Cc2ccco2)oc1C. The zero-order chi connectivity index (χ0) is 15.9. The molecule has 0 saturated heterocycles. The highest BCUT2D eigenvalue weighted by Crippen LogP contribution is 2.18. The molecular formula is C16H18N2O4. The van der Waals surface area contributed by atoms with Crippen molar-refractivity contribution in [2.24, 2.45) is 0 Å². The van der Waals surface area contributed by atoms with Crippen LogP contribution in [-0.2, 0) is 17.8 Å². The number of carbonyl (C=O) groups excluding carboxylic acids is 1. The van der Waals surface area contributed by atoms with Crippen LogP contribution in [0.15, 0.2) is 33.3 Å². The molecule has 0 aliphatic carbocycles. The molecule has 2 aromatic heterocycles. The molecule has 0 unspecified atom stereocenters. The first kappa shape index (κ1) is 15.9. The Hall–Kier alpha value is -2.52. The van der Waals surface area contributed by atoms with Gasteiger partial charge in [-0.15, -0.1) is 0 Å². The average molecular weight is 302 g/mol. The largest absolute Gasteiger partial charge is 0.468 e. The highest BCUT2D eigenvalue weighted by atomic mass is 16.5. The molecule has 0 saturated carbocycles. The molecule has 6 nitrogen and oxygen atoms in total. The molecule has 6 heteroatoms. The maximum Gasteiger partial charge on any atom is 0.341 e. The van der Waals surface area contributed by atoms with Gasteiger partial charge in [0.05, 0.1) is 32.5 Å². The van der Waals surface area contributed by atoms with Crippen LogP contribution in [0.5, 0.6) is 0 Å². The number of esters is 1. The standard InChI is InChI=1S/C16H18N2O4/c1-12-15(16(19)20-2)9-14(22-12)11-18(7-4-6-17)10-13-5-3-8-21-13/h3,5,8-9H,4,7,10-11H2,1-2H3. The van der Waals surface area contributed by atoms with Crippen molar-refractivity contribution in [3.05, 3.63) is 47.3 Å². The molecule has 0 N–H and O–H groups in total. The molecule has 2 rings (SSSR count). The van der Waals surface area contributed by atoms with E-state index in [2.05, 4.69) is 6.07 Å². The van der Waals surface area contributed by atoms with Crippen LogP contribution in [0.2, 0.25) is 0 Å². The number of methoxy groups -OCH3 is 1. The van der Waals surface area contributed by atoms with E-state index in [9.17, 15) is 4.79 Å². The number of furan rings is 2. The summed E-state index contributed by atoms with van der Waals surface area (Å²) in [6.45, 7) is 3.37. The van der Waals surface area contributed by atoms with Crippen molar-refractivity contribution >= 4 is 5.97 Å². The molecule has 0 fully saturated rings. The van der Waals surface area contributed by atoms with Gasteiger partial charge in [0.25, 0.3) is 0 Å². The second kappa shape index (κ2) is 7.48. The lowest BCUT2D eigenvalue weighted by molar-refractivity contribution is 0.0599. The summed E-state index contributed by atoms with van der Waals surface area (Å²) < 4.78 is 15.7. The van der Waals surface area contributed by atoms with Crippen molar-refractivity contribution in [2.75, 3.05) is 13.7 Å². The molecule has 0 atom stereocenters. The summed E-state index contributed by atoms with van der Waals surface area (Å²) in [6, 6.07) is 7.52. The van der Waals surface area contributed by atoms with Gasteiger partial charge in [-0.1, -0.05) is 0 Å². The smallest absolute Gasteiger partial charge is 0.341 e. The number of nitriles is 1. The van der Waals surface area contributed by atoms with Gasteiger partial charge in [-0.2, -0.15) is 5.26 Å². The second-order valence-corrected chi connectivity index (χ2v) is 4.87. The van der Waals surface area contributed by atoms with Crippen LogP contribution >= 0.6 is 0 Å². The van der Waals surface area contributed by atoms with E-state index >= 15 is 0 Å². The lowest BCUT2D eigenvalue weighted by atomic mass is 10.2. The molecule has 116 valence electrons. The van der Waals surface area contributed by atoms with E-state index in [-0.39, 0.29) is 0 Å². The Kier molecular flexibility index (Phi) is 5.39. The number of aryl methyl sites for hydroxylation is 1. The molecule has 0 amide bonds. The van der Waals surface area contributed by atoms with E-state index in [0.29, 0.717) is 43.1 Å². The number of rotatable bonds is 7. The zero-order valence-corrected chi connectivity index (χ0v) is 12.7. The predicted molar refractivity (Wildman–Crippen MR) is 77.8 cm³/mol. The van der Waals surface area contributed by atoms with Crippen LogP contribution in [0.3, 0.4) is 0 Å². The third-order valence-corrected chi connectivity index (χ3v) is 3.25. The molecule has 22 heavy (non-hydrogen) atoms. The van der Waals surface area contributed by atoms with E-state index in [4.69, 9.17) is 18.8 Å². The van der Waals surface area contributed by atoms with Crippen LogP contribution < -0.4 is 0 Å². The summed E-state index contributed by atoms with van der Waals surface area (Å²) in [5.41, 5.74) is 0.427. The fraction of sp³-hybridized carbons (Fsp3) is 0.375. The average Bonchev–Trinajstić information content (AvgIpc) is 3.13. The highest BCUT2D eigenvalue weighted by molar-refractivity contribution is 5.90. The fourth-order valence-corrected chi connectivity index (χ4v) is 2.20. The van der Waals surface area contributed by atoms with Gasteiger partial charge in [0.1, 0.15) is 22.8 Å². The molecule has 0 aromatic carbocycles. The number of nitrogens with zero attached hydrogens (tertiary/aromatic N) is 2. The van der Waals surface area contributed by atoms with Crippen LogP contribution in [0.25, 0.3) is 0 Å². The molecule has 2 aromatic rings. The lowest BCUT2D eigenvalue weighted by Crippen LogP contribution is -2.23. The first-order valence-corrected chi connectivity index (χ1v) is 6.93. The van der Waals surface area contributed by atoms with Gasteiger partial charge in [0, 0.05) is 13.0 Å². The summed E-state index contributed by atoms with van der Waals surface area (Å²) in [5, 5.41) is 8.78. The van der Waals surface area contributed by atoms with Crippen LogP contribution in [0, 0.1) is 18.3 Å². The predicted octanol–water partition coefficient (Wildman–Crippen LogP) is 2.88. The minimum absolute atomic E-state index is 0.407. The van der Waals surface area contributed by atoms with Crippen LogP contribution in [-0.4, -0.2) is 24.5 Å². The Morgan fingerprint density at radius 2 is 2.18 bits per heavy atom. The van der Waals surface area contributed by atoms with E-state index in [1.54, 1.807) is 19.3 Å². The van der Waals surface area contributed by atoms with Gasteiger partial charge in [-0.05, 0) is 25.1 Å². The van der Waals surface area contributed by atoms with Crippen molar-refractivity contribution in [1.82, 2.24) is 4.90 Å². The minimum atomic E-state index is -0.415. The second-order valence-electron chi connectivity index (χ2n) is 4.87. The van der Waals surface area contributed by atoms with Crippen molar-refractivity contribution in [2.45, 2.75) is 26.4 Å². The Morgan fingerprint density at radius 3 is 2.82 bits per heavy atom. The topological polar surface area (TPSA) is 79.6 Å². The molecular weight excluding hydrogens is 284 g/mol. The summed E-state index contributed by atoms with van der Waals surface area (Å²) in [5.74, 6) is 1.58. The maximum absolute atomic E-state index is 11.6. The minimum Gasteiger partial charge on any atom is -0.468 e. The van der Waals surface area contributed by atoms with Gasteiger partial charge in [-0.3, -0.25) is 4.90 Å². The third kappa shape index (κ3) is 3.99. The number of ether oxygens (including phenoxy) is 1. The van der Waals surface area contributed by atoms with Crippen LogP contribution in [0.1, 0.15) is 34.1 Å². The molecule has 0 radical (unpaired) electrons. The van der Waals surface area contributed by atoms with E-state index < -0.39 is 5.97 Å². The van der Waals surface area contributed by atoms with Crippen LogP contribution in [0.4, 0.5) is 0 Å². The first-order chi connectivity index (χ1) is 10.6. The first-order valence-electron chi connectivity index (χ1n) is 6.93. The van der Waals surface area contributed by atoms with E-state index in [0.717, 1.165) is 5.76 Å². The van der Waals surface area contributed by atoms with E-state index in [1.807, 2.05) is 17.0 Å². The van der Waals surface area contributed by atoms with Gasteiger partial charge in [0.2, 0.25) is 0 Å². The highest BCUT2D eigenvalue weighted by Gasteiger charge is 2.17. The quantitative estimate of drug-likeness (QED) is 0.732. The number of hydrogen-bond acceptors (Lipinski definition) is 6. The lowest BCUT2D eigenvalue weighted by Gasteiger charge is -2.18. The van der Waals surface area contributed by atoms with Gasteiger partial charge in [-0.25, -0.2) is 4.79 Å².